The van der Waals surface area contributed by atoms with Crippen LogP contribution < -0.4 is 0 Å². The van der Waals surface area contributed by atoms with E-state index in [0.717, 1.165) is 0 Å². The second kappa shape index (κ2) is 2.35. The van der Waals surface area contributed by atoms with Crippen LogP contribution in [-0.4, -0.2) is 13.0 Å². The second-order valence-electron chi connectivity index (χ2n) is 0.540. The molecular formula is H2O3PPdS. The van der Waals surface area contributed by atoms with Gasteiger partial charge in [0, 0.05) is 0 Å². The van der Waals surface area contributed by atoms with Gasteiger partial charge >= 0.3 is 47.4 Å². The van der Waals surface area contributed by atoms with Crippen LogP contribution in [0.5, 0.6) is 0 Å². The molecule has 1 unspecified atom stereocenters. The van der Waals surface area contributed by atoms with Gasteiger partial charge in [-0.3, -0.25) is 0 Å². The number of hydrogen-bond acceptors (Lipinski definition) is 2. The van der Waals surface area contributed by atoms with E-state index in [9.17, 15) is 8.42 Å². The van der Waals surface area contributed by atoms with E-state index in [-0.39, 0.29) is 0 Å². The van der Waals surface area contributed by atoms with Gasteiger partial charge in [-0.05, 0) is 0 Å². The molecule has 6 heavy (non-hydrogen) atoms. The van der Waals surface area contributed by atoms with Gasteiger partial charge in [-0.1, -0.05) is 0 Å². The van der Waals surface area contributed by atoms with E-state index in [0.29, 0.717) is 0 Å². The molecule has 0 aromatic carbocycles. The quantitative estimate of drug-likeness (QED) is 0.382. The van der Waals surface area contributed by atoms with Crippen LogP contribution in [-0.2, 0) is 28.4 Å². The Morgan fingerprint density at radius 3 is 1.83 bits per heavy atom. The monoisotopic (exact) mass is 219 g/mol. The third-order valence-corrected chi connectivity index (χ3v) is 4.34. The molecule has 0 radical (unpaired) electrons. The predicted octanol–water partition coefficient (Wildman–Crippen LogP) is -0.0705. The summed E-state index contributed by atoms with van der Waals surface area (Å²) >= 11 is 2.33. The maximum absolute atomic E-state index is 9.53. The first-order valence-corrected chi connectivity index (χ1v) is 6.19. The number of hydrogen-bond donors (Lipinski definition) is 1. The van der Waals surface area contributed by atoms with Gasteiger partial charge in [0.05, 0.1) is 0 Å². The summed E-state index contributed by atoms with van der Waals surface area (Å²) in [4.78, 5) is 0. The molecule has 0 aromatic heterocycles. The number of rotatable bonds is 1. The van der Waals surface area contributed by atoms with E-state index in [1.54, 1.807) is 0 Å². The fourth-order valence-corrected chi connectivity index (χ4v) is 0. The molecular weight excluding hydrogens is 217 g/mol. The third-order valence-electron chi connectivity index (χ3n) is 0.0816. The molecule has 1 atom stereocenters. The summed E-state index contributed by atoms with van der Waals surface area (Å²) in [6.45, 7) is 0. The fraction of sp³-hybridized carbons (Fsp3) is 0. The van der Waals surface area contributed by atoms with Crippen molar-refractivity contribution in [3.8, 4) is 0 Å². The summed E-state index contributed by atoms with van der Waals surface area (Å²) in [5.74, 6) is -0.555. The zero-order chi connectivity index (χ0) is 5.21. The summed E-state index contributed by atoms with van der Waals surface area (Å²) < 4.78 is 26.8. The van der Waals surface area contributed by atoms with Gasteiger partial charge in [-0.15, -0.1) is 0 Å². The molecule has 0 aliphatic rings. The summed E-state index contributed by atoms with van der Waals surface area (Å²) in [5, 5.41) is 0. The van der Waals surface area contributed by atoms with Gasteiger partial charge in [0.2, 0.25) is 0 Å². The normalized spacial score (nSPS) is 13.8. The van der Waals surface area contributed by atoms with E-state index in [4.69, 9.17) is 4.55 Å². The molecule has 0 aliphatic heterocycles. The average Bonchev–Trinajstić information content (AvgIpc) is 1.35. The molecule has 0 bridgehead atoms. The first-order chi connectivity index (χ1) is 2.56. The minimum atomic E-state index is -3.70. The molecule has 0 spiro atoms. The van der Waals surface area contributed by atoms with E-state index in [1.165, 1.54) is 0 Å². The molecule has 41 valence electrons. The van der Waals surface area contributed by atoms with Crippen LogP contribution >= 0.6 is 5.97 Å². The summed E-state index contributed by atoms with van der Waals surface area (Å²) in [6.07, 6.45) is 0. The van der Waals surface area contributed by atoms with Gasteiger partial charge in [0.25, 0.3) is 0 Å². The first kappa shape index (κ1) is 7.00. The Balaban J connectivity index is 3.85. The standard InChI is InChI=1S/H2O3PS.Pd/c1-5(2,3)4;/h4H,(H,1,2,3);/q-1;+1. The van der Waals surface area contributed by atoms with Crippen LogP contribution in [0, 0.1) is 0 Å². The van der Waals surface area contributed by atoms with E-state index < -0.39 is 15.7 Å². The molecule has 0 rings (SSSR count). The zero-order valence-corrected chi connectivity index (χ0v) is 5.86. The fourth-order valence-electron chi connectivity index (χ4n) is 0. The van der Waals surface area contributed by atoms with Crippen molar-refractivity contribution in [2.24, 2.45) is 0 Å². The first-order valence-electron chi connectivity index (χ1n) is 0.878. The molecule has 0 amide bonds. The summed E-state index contributed by atoms with van der Waals surface area (Å²) in [6, 6.07) is 0. The van der Waals surface area contributed by atoms with Crippen molar-refractivity contribution in [2.75, 3.05) is 0 Å². The van der Waals surface area contributed by atoms with Gasteiger partial charge in [0.15, 0.2) is 0 Å². The summed E-state index contributed by atoms with van der Waals surface area (Å²) in [5.41, 5.74) is 0. The van der Waals surface area contributed by atoms with E-state index >= 15 is 0 Å². The molecule has 0 heterocycles. The van der Waals surface area contributed by atoms with Crippen molar-refractivity contribution in [3.05, 3.63) is 0 Å². The Labute approximate surface area is 47.7 Å². The van der Waals surface area contributed by atoms with E-state index in [2.05, 4.69) is 18.7 Å². The SMILES string of the molecule is O=S(=O)(O)[PH][Pd]. The third kappa shape index (κ3) is 5.00. The molecule has 0 saturated carbocycles. The van der Waals surface area contributed by atoms with Crippen LogP contribution in [0.4, 0.5) is 0 Å². The predicted molar refractivity (Wildman–Crippen MR) is 19.9 cm³/mol. The van der Waals surface area contributed by atoms with Gasteiger partial charge in [0.1, 0.15) is 0 Å². The van der Waals surface area contributed by atoms with Gasteiger partial charge in [-0.2, -0.15) is 0 Å². The van der Waals surface area contributed by atoms with Crippen molar-refractivity contribution in [2.45, 2.75) is 0 Å². The van der Waals surface area contributed by atoms with Crippen LogP contribution in [0.1, 0.15) is 0 Å². The average molecular weight is 219 g/mol. The molecule has 0 fully saturated rings. The van der Waals surface area contributed by atoms with Crippen LogP contribution in [0.3, 0.4) is 0 Å². The molecule has 3 nitrogen and oxygen atoms in total. The molecule has 0 aliphatic carbocycles. The van der Waals surface area contributed by atoms with Crippen LogP contribution in [0.15, 0.2) is 0 Å². The zero-order valence-electron chi connectivity index (χ0n) is 2.49. The van der Waals surface area contributed by atoms with Gasteiger partial charge < -0.3 is 0 Å². The Morgan fingerprint density at radius 1 is 1.67 bits per heavy atom. The molecule has 6 heteroatoms. The van der Waals surface area contributed by atoms with Crippen LogP contribution in [0.25, 0.3) is 0 Å². The van der Waals surface area contributed by atoms with Crippen molar-refractivity contribution in [1.82, 2.24) is 0 Å². The van der Waals surface area contributed by atoms with Crippen molar-refractivity contribution < 1.29 is 31.7 Å². The second-order valence-corrected chi connectivity index (χ2v) is 6.41. The van der Waals surface area contributed by atoms with Crippen molar-refractivity contribution in [3.63, 3.8) is 0 Å². The molecule has 1 N–H and O–H groups in total. The van der Waals surface area contributed by atoms with Gasteiger partial charge in [-0.25, -0.2) is 0 Å². The maximum atomic E-state index is 9.53. The Hall–Kier alpha value is 1.00. The molecule has 0 aromatic rings. The Morgan fingerprint density at radius 2 is 1.83 bits per heavy atom. The van der Waals surface area contributed by atoms with Crippen molar-refractivity contribution >= 4 is 15.7 Å². The van der Waals surface area contributed by atoms with Crippen molar-refractivity contribution in [1.29, 1.82) is 0 Å². The Kier molecular flexibility index (Phi) is 2.74. The summed E-state index contributed by atoms with van der Waals surface area (Å²) in [7, 11) is -3.70. The van der Waals surface area contributed by atoms with Crippen LogP contribution in [0.2, 0.25) is 0 Å². The molecule has 0 saturated heterocycles. The minimum absolute atomic E-state index is 0.555. The topological polar surface area (TPSA) is 54.4 Å². The van der Waals surface area contributed by atoms with E-state index in [1.807, 2.05) is 0 Å². The Bertz CT molecular complexity index is 113.